The van der Waals surface area contributed by atoms with E-state index in [1.165, 1.54) is 12.3 Å². The maximum Gasteiger partial charge on any atom is 0.259 e. The lowest BCUT2D eigenvalue weighted by atomic mass is 10.1. The molecule has 0 aliphatic rings. The maximum absolute atomic E-state index is 12.7. The van der Waals surface area contributed by atoms with E-state index in [1.807, 2.05) is 38.1 Å². The molecule has 0 atom stereocenters. The second-order valence-corrected chi connectivity index (χ2v) is 4.83. The number of carbonyl (C=O) groups excluding carboxylic acids is 1. The van der Waals surface area contributed by atoms with Crippen molar-refractivity contribution in [1.29, 1.82) is 0 Å². The van der Waals surface area contributed by atoms with Gasteiger partial charge in [-0.25, -0.2) is 4.98 Å². The number of nitrogens with zero attached hydrogens (tertiary/aromatic N) is 2. The minimum atomic E-state index is -0.180. The second-order valence-electron chi connectivity index (χ2n) is 4.42. The van der Waals surface area contributed by atoms with Gasteiger partial charge in [-0.05, 0) is 31.5 Å². The van der Waals surface area contributed by atoms with Gasteiger partial charge >= 0.3 is 0 Å². The van der Waals surface area contributed by atoms with Gasteiger partial charge < -0.3 is 10.6 Å². The Morgan fingerprint density at radius 3 is 2.75 bits per heavy atom. The second kappa shape index (κ2) is 5.92. The summed E-state index contributed by atoms with van der Waals surface area (Å²) in [7, 11) is 0. The number of nitrogens with two attached hydrogens (primary N) is 1. The highest BCUT2D eigenvalue weighted by Gasteiger charge is 2.20. The predicted molar refractivity (Wildman–Crippen MR) is 82.2 cm³/mol. The average Bonchev–Trinajstić information content (AvgIpc) is 2.44. The molecule has 2 rings (SSSR count). The maximum atomic E-state index is 12.7. The molecule has 4 nitrogen and oxygen atoms in total. The predicted octanol–water partition coefficient (Wildman–Crippen LogP) is 3.29. The number of aromatic nitrogens is 1. The normalized spacial score (nSPS) is 10.3. The number of halogens is 1. The highest BCUT2D eigenvalue weighted by Crippen LogP contribution is 2.24. The van der Waals surface area contributed by atoms with Crippen LogP contribution >= 0.6 is 11.6 Å². The van der Waals surface area contributed by atoms with E-state index in [-0.39, 0.29) is 11.7 Å². The molecule has 1 heterocycles. The van der Waals surface area contributed by atoms with Crippen molar-refractivity contribution in [2.75, 3.05) is 17.2 Å². The van der Waals surface area contributed by atoms with Crippen LogP contribution in [-0.4, -0.2) is 17.4 Å². The van der Waals surface area contributed by atoms with Gasteiger partial charge in [0, 0.05) is 18.4 Å². The Labute approximate surface area is 123 Å². The van der Waals surface area contributed by atoms with E-state index < -0.39 is 0 Å². The first-order valence-corrected chi connectivity index (χ1v) is 6.71. The zero-order chi connectivity index (χ0) is 14.7. The summed E-state index contributed by atoms with van der Waals surface area (Å²) in [6.45, 7) is 4.43. The minimum Gasteiger partial charge on any atom is -0.384 e. The van der Waals surface area contributed by atoms with Gasteiger partial charge in [0.1, 0.15) is 5.82 Å². The van der Waals surface area contributed by atoms with Gasteiger partial charge in [0.25, 0.3) is 5.91 Å². The van der Waals surface area contributed by atoms with Crippen molar-refractivity contribution >= 4 is 29.0 Å². The Morgan fingerprint density at radius 1 is 1.40 bits per heavy atom. The monoisotopic (exact) mass is 289 g/mol. The van der Waals surface area contributed by atoms with E-state index in [2.05, 4.69) is 4.98 Å². The molecule has 104 valence electrons. The van der Waals surface area contributed by atoms with Crippen LogP contribution in [-0.2, 0) is 0 Å². The highest BCUT2D eigenvalue weighted by atomic mass is 35.5. The molecule has 0 aliphatic carbocycles. The average molecular weight is 290 g/mol. The zero-order valence-corrected chi connectivity index (χ0v) is 12.2. The lowest BCUT2D eigenvalue weighted by Crippen LogP contribution is -2.31. The van der Waals surface area contributed by atoms with Crippen LogP contribution in [0.15, 0.2) is 36.5 Å². The van der Waals surface area contributed by atoms with Crippen molar-refractivity contribution in [1.82, 2.24) is 4.98 Å². The summed E-state index contributed by atoms with van der Waals surface area (Å²) in [5.74, 6) is 0.0967. The SMILES string of the molecule is CCN(C(=O)c1cc(N)ncc1Cl)c1ccccc1C. The molecule has 0 saturated heterocycles. The molecule has 0 fully saturated rings. The molecule has 0 unspecified atom stereocenters. The summed E-state index contributed by atoms with van der Waals surface area (Å²) in [5, 5.41) is 0.302. The van der Waals surface area contributed by atoms with Gasteiger partial charge in [0.2, 0.25) is 0 Å². The summed E-state index contributed by atoms with van der Waals surface area (Å²) in [6.07, 6.45) is 1.40. The number of hydrogen-bond acceptors (Lipinski definition) is 3. The molecule has 0 saturated carbocycles. The fraction of sp³-hybridized carbons (Fsp3) is 0.200. The van der Waals surface area contributed by atoms with E-state index in [0.717, 1.165) is 11.3 Å². The Bertz CT molecular complexity index is 643. The number of hydrogen-bond donors (Lipinski definition) is 1. The quantitative estimate of drug-likeness (QED) is 0.943. The van der Waals surface area contributed by atoms with Gasteiger partial charge in [-0.2, -0.15) is 0 Å². The van der Waals surface area contributed by atoms with Crippen molar-refractivity contribution in [2.24, 2.45) is 0 Å². The molecule has 0 aliphatic heterocycles. The Kier molecular flexibility index (Phi) is 4.25. The lowest BCUT2D eigenvalue weighted by molar-refractivity contribution is 0.0988. The van der Waals surface area contributed by atoms with Crippen molar-refractivity contribution in [3.8, 4) is 0 Å². The number of amides is 1. The van der Waals surface area contributed by atoms with Crippen LogP contribution in [0.4, 0.5) is 11.5 Å². The third-order valence-electron chi connectivity index (χ3n) is 3.07. The van der Waals surface area contributed by atoms with E-state index >= 15 is 0 Å². The van der Waals surface area contributed by atoms with E-state index in [1.54, 1.807) is 4.90 Å². The molecule has 0 spiro atoms. The third kappa shape index (κ3) is 2.75. The number of benzene rings is 1. The van der Waals surface area contributed by atoms with Gasteiger partial charge in [-0.3, -0.25) is 4.79 Å². The number of rotatable bonds is 3. The summed E-state index contributed by atoms with van der Waals surface area (Å²) >= 11 is 6.05. The molecule has 5 heteroatoms. The molecule has 20 heavy (non-hydrogen) atoms. The van der Waals surface area contributed by atoms with Crippen LogP contribution in [0.5, 0.6) is 0 Å². The Hall–Kier alpha value is -2.07. The first-order chi connectivity index (χ1) is 9.54. The standard InChI is InChI=1S/C15H16ClN3O/c1-3-19(13-7-5-4-6-10(13)2)15(20)11-8-14(17)18-9-12(11)16/h4-9H,3H2,1-2H3,(H2,17,18). The third-order valence-corrected chi connectivity index (χ3v) is 3.38. The summed E-state index contributed by atoms with van der Waals surface area (Å²) in [6, 6.07) is 9.23. The highest BCUT2D eigenvalue weighted by molar-refractivity contribution is 6.34. The van der Waals surface area contributed by atoms with Crippen LogP contribution < -0.4 is 10.6 Å². The van der Waals surface area contributed by atoms with Gasteiger partial charge in [-0.1, -0.05) is 29.8 Å². The van der Waals surface area contributed by atoms with Crippen molar-refractivity contribution < 1.29 is 4.79 Å². The van der Waals surface area contributed by atoms with Crippen molar-refractivity contribution in [3.05, 3.63) is 52.7 Å². The topological polar surface area (TPSA) is 59.2 Å². The molecule has 0 bridgehead atoms. The number of para-hydroxylation sites is 1. The van der Waals surface area contributed by atoms with Crippen LogP contribution in [0, 0.1) is 6.92 Å². The van der Waals surface area contributed by atoms with Gasteiger partial charge in [-0.15, -0.1) is 0 Å². The van der Waals surface area contributed by atoms with Crippen LogP contribution in [0.2, 0.25) is 5.02 Å². The van der Waals surface area contributed by atoms with Crippen LogP contribution in [0.1, 0.15) is 22.8 Å². The number of nitrogen functional groups attached to an aromatic ring is 1. The van der Waals surface area contributed by atoms with Crippen LogP contribution in [0.3, 0.4) is 0 Å². The van der Waals surface area contributed by atoms with E-state index in [4.69, 9.17) is 17.3 Å². The molecule has 1 aromatic carbocycles. The molecular weight excluding hydrogens is 274 g/mol. The Morgan fingerprint density at radius 2 is 2.10 bits per heavy atom. The largest absolute Gasteiger partial charge is 0.384 e. The summed E-state index contributed by atoms with van der Waals surface area (Å²) in [5.41, 5.74) is 7.90. The molecule has 0 radical (unpaired) electrons. The van der Waals surface area contributed by atoms with E-state index in [9.17, 15) is 4.79 Å². The number of aryl methyl sites for hydroxylation is 1. The van der Waals surface area contributed by atoms with Crippen molar-refractivity contribution in [2.45, 2.75) is 13.8 Å². The summed E-state index contributed by atoms with van der Waals surface area (Å²) < 4.78 is 0. The first kappa shape index (κ1) is 14.3. The molecule has 2 N–H and O–H groups in total. The zero-order valence-electron chi connectivity index (χ0n) is 11.4. The smallest absolute Gasteiger partial charge is 0.259 e. The van der Waals surface area contributed by atoms with Crippen molar-refractivity contribution in [3.63, 3.8) is 0 Å². The molecular formula is C15H16ClN3O. The van der Waals surface area contributed by atoms with Gasteiger partial charge in [0.05, 0.1) is 10.6 Å². The molecule has 1 aromatic heterocycles. The fourth-order valence-electron chi connectivity index (χ4n) is 2.05. The lowest BCUT2D eigenvalue weighted by Gasteiger charge is -2.23. The first-order valence-electron chi connectivity index (χ1n) is 6.33. The minimum absolute atomic E-state index is 0.180. The Balaban J connectivity index is 2.45. The molecule has 2 aromatic rings. The number of anilines is 2. The fourth-order valence-corrected chi connectivity index (χ4v) is 2.24. The van der Waals surface area contributed by atoms with Gasteiger partial charge in [0.15, 0.2) is 0 Å². The number of carbonyl (C=O) groups is 1. The number of pyridine rings is 1. The van der Waals surface area contributed by atoms with E-state index in [0.29, 0.717) is 17.1 Å². The molecule has 1 amide bonds. The summed E-state index contributed by atoms with van der Waals surface area (Å²) in [4.78, 5) is 18.2. The van der Waals surface area contributed by atoms with Crippen LogP contribution in [0.25, 0.3) is 0 Å².